The molecule has 3 rings (SSSR count). The molecule has 1 unspecified atom stereocenters. The molecule has 1 spiro atoms. The second kappa shape index (κ2) is 5.82. The first-order chi connectivity index (χ1) is 9.88. The molecule has 3 heterocycles. The van der Waals surface area contributed by atoms with E-state index in [4.69, 9.17) is 0 Å². The van der Waals surface area contributed by atoms with Crippen LogP contribution in [0.5, 0.6) is 0 Å². The number of rotatable bonds is 4. The van der Waals surface area contributed by atoms with Crippen LogP contribution in [0, 0.1) is 17.3 Å². The second-order valence-electron chi connectivity index (χ2n) is 8.89. The van der Waals surface area contributed by atoms with Crippen LogP contribution in [0.3, 0.4) is 0 Å². The zero-order valence-corrected chi connectivity index (χ0v) is 14.8. The number of piperidine rings is 1. The maximum Gasteiger partial charge on any atom is 0.0212 e. The van der Waals surface area contributed by atoms with Gasteiger partial charge in [-0.1, -0.05) is 20.8 Å². The van der Waals surface area contributed by atoms with Crippen LogP contribution in [0.1, 0.15) is 41.0 Å². The maximum absolute atomic E-state index is 2.80. The van der Waals surface area contributed by atoms with Crippen molar-refractivity contribution in [2.75, 3.05) is 45.8 Å². The summed E-state index contributed by atoms with van der Waals surface area (Å²) in [5, 5.41) is 0. The molecule has 0 amide bonds. The van der Waals surface area contributed by atoms with E-state index in [0.29, 0.717) is 5.41 Å². The van der Waals surface area contributed by atoms with Crippen molar-refractivity contribution in [3.05, 3.63) is 0 Å². The molecule has 3 nitrogen and oxygen atoms in total. The summed E-state index contributed by atoms with van der Waals surface area (Å²) in [7, 11) is 0. The summed E-state index contributed by atoms with van der Waals surface area (Å²) in [5.41, 5.74) is 0.680. The highest BCUT2D eigenvalue weighted by molar-refractivity contribution is 5.08. The molecule has 3 fully saturated rings. The van der Waals surface area contributed by atoms with E-state index in [1.165, 1.54) is 52.2 Å². The Morgan fingerprint density at radius 1 is 1.05 bits per heavy atom. The van der Waals surface area contributed by atoms with Gasteiger partial charge < -0.3 is 4.90 Å². The van der Waals surface area contributed by atoms with Crippen LogP contribution >= 0.6 is 0 Å². The van der Waals surface area contributed by atoms with Crippen molar-refractivity contribution in [3.63, 3.8) is 0 Å². The SMILES string of the molecule is CC(C)CN1CCC(N2CC3(CN(C(C)C)C3)C2)[C@@H](C)C1. The Morgan fingerprint density at radius 3 is 2.24 bits per heavy atom. The first-order valence-electron chi connectivity index (χ1n) is 9.09. The monoisotopic (exact) mass is 293 g/mol. The van der Waals surface area contributed by atoms with E-state index in [1.54, 1.807) is 0 Å². The van der Waals surface area contributed by atoms with Crippen LogP contribution in [0.15, 0.2) is 0 Å². The number of hydrogen-bond donors (Lipinski definition) is 0. The minimum Gasteiger partial charge on any atom is -0.303 e. The van der Waals surface area contributed by atoms with Crippen LogP contribution in [0.25, 0.3) is 0 Å². The average Bonchev–Trinajstić information content (AvgIpc) is 2.26. The van der Waals surface area contributed by atoms with Crippen molar-refractivity contribution in [2.24, 2.45) is 17.3 Å². The summed E-state index contributed by atoms with van der Waals surface area (Å²) in [5.74, 6) is 1.65. The summed E-state index contributed by atoms with van der Waals surface area (Å²) in [6.07, 6.45) is 1.39. The highest BCUT2D eigenvalue weighted by atomic mass is 15.3. The molecule has 0 saturated carbocycles. The van der Waals surface area contributed by atoms with E-state index in [0.717, 1.165) is 23.9 Å². The number of likely N-dealkylation sites (tertiary alicyclic amines) is 3. The Balaban J connectivity index is 1.44. The van der Waals surface area contributed by atoms with E-state index in [1.807, 2.05) is 0 Å². The van der Waals surface area contributed by atoms with Gasteiger partial charge in [-0.05, 0) is 38.6 Å². The van der Waals surface area contributed by atoms with Crippen molar-refractivity contribution >= 4 is 0 Å². The molecule has 0 aromatic rings. The van der Waals surface area contributed by atoms with Gasteiger partial charge in [-0.15, -0.1) is 0 Å². The molecular formula is C18H35N3. The predicted octanol–water partition coefficient (Wildman–Crippen LogP) is 2.38. The molecule has 2 atom stereocenters. The topological polar surface area (TPSA) is 9.72 Å². The van der Waals surface area contributed by atoms with Gasteiger partial charge in [-0.25, -0.2) is 0 Å². The normalized spacial score (nSPS) is 34.4. The van der Waals surface area contributed by atoms with Gasteiger partial charge in [0.2, 0.25) is 0 Å². The Morgan fingerprint density at radius 2 is 1.71 bits per heavy atom. The van der Waals surface area contributed by atoms with Crippen LogP contribution in [-0.2, 0) is 0 Å². The molecule has 0 aromatic heterocycles. The molecule has 3 aliphatic heterocycles. The van der Waals surface area contributed by atoms with Crippen LogP contribution in [0.2, 0.25) is 0 Å². The van der Waals surface area contributed by atoms with Crippen LogP contribution < -0.4 is 0 Å². The molecule has 3 heteroatoms. The molecule has 122 valence electrons. The third-order valence-electron chi connectivity index (χ3n) is 5.92. The zero-order valence-electron chi connectivity index (χ0n) is 14.8. The summed E-state index contributed by atoms with van der Waals surface area (Å²) >= 11 is 0. The third-order valence-corrected chi connectivity index (χ3v) is 5.92. The fourth-order valence-corrected chi connectivity index (χ4v) is 4.87. The Labute approximate surface area is 131 Å². The van der Waals surface area contributed by atoms with E-state index in [9.17, 15) is 0 Å². The van der Waals surface area contributed by atoms with Gasteiger partial charge in [0.25, 0.3) is 0 Å². The first kappa shape index (κ1) is 15.8. The Kier molecular flexibility index (Phi) is 4.37. The van der Waals surface area contributed by atoms with Gasteiger partial charge in [-0.3, -0.25) is 9.80 Å². The Bertz CT molecular complexity index is 351. The largest absolute Gasteiger partial charge is 0.303 e. The standard InChI is InChI=1S/C18H35N3/c1-14(2)8-19-7-6-17(16(5)9-19)21-12-18(13-21)10-20(11-18)15(3)4/h14-17H,6-13H2,1-5H3/t16-,17?/m0/s1. The van der Waals surface area contributed by atoms with Crippen molar-refractivity contribution in [1.82, 2.24) is 14.7 Å². The van der Waals surface area contributed by atoms with Gasteiger partial charge in [0.05, 0.1) is 0 Å². The summed E-state index contributed by atoms with van der Waals surface area (Å²) in [4.78, 5) is 8.12. The van der Waals surface area contributed by atoms with E-state index >= 15 is 0 Å². The molecule has 21 heavy (non-hydrogen) atoms. The fraction of sp³-hybridized carbons (Fsp3) is 1.00. The highest BCUT2D eigenvalue weighted by Crippen LogP contribution is 2.43. The van der Waals surface area contributed by atoms with E-state index in [2.05, 4.69) is 49.3 Å². The molecule has 0 bridgehead atoms. The summed E-state index contributed by atoms with van der Waals surface area (Å²) < 4.78 is 0. The molecule has 0 aromatic carbocycles. The van der Waals surface area contributed by atoms with Crippen molar-refractivity contribution in [1.29, 1.82) is 0 Å². The number of hydrogen-bond acceptors (Lipinski definition) is 3. The first-order valence-corrected chi connectivity index (χ1v) is 9.09. The van der Waals surface area contributed by atoms with Crippen molar-refractivity contribution in [2.45, 2.75) is 53.1 Å². The lowest BCUT2D eigenvalue weighted by Gasteiger charge is -2.64. The zero-order chi connectivity index (χ0) is 15.2. The predicted molar refractivity (Wildman–Crippen MR) is 89.6 cm³/mol. The van der Waals surface area contributed by atoms with E-state index in [-0.39, 0.29) is 0 Å². The lowest BCUT2D eigenvalue weighted by Crippen LogP contribution is -2.75. The fourth-order valence-electron chi connectivity index (χ4n) is 4.87. The quantitative estimate of drug-likeness (QED) is 0.788. The molecule has 3 saturated heterocycles. The van der Waals surface area contributed by atoms with Gasteiger partial charge in [-0.2, -0.15) is 0 Å². The molecular weight excluding hydrogens is 258 g/mol. The molecule has 0 aliphatic carbocycles. The third kappa shape index (κ3) is 3.16. The minimum absolute atomic E-state index is 0.680. The van der Waals surface area contributed by atoms with Crippen LogP contribution in [0.4, 0.5) is 0 Å². The van der Waals surface area contributed by atoms with Gasteiger partial charge in [0.15, 0.2) is 0 Å². The second-order valence-corrected chi connectivity index (χ2v) is 8.89. The lowest BCUT2D eigenvalue weighted by molar-refractivity contribution is -0.151. The van der Waals surface area contributed by atoms with E-state index < -0.39 is 0 Å². The number of nitrogens with zero attached hydrogens (tertiary/aromatic N) is 3. The maximum atomic E-state index is 2.80. The Hall–Kier alpha value is -0.120. The van der Waals surface area contributed by atoms with Crippen LogP contribution in [-0.4, -0.2) is 72.6 Å². The lowest BCUT2D eigenvalue weighted by atomic mass is 9.70. The molecule has 3 aliphatic rings. The summed E-state index contributed by atoms with van der Waals surface area (Å²) in [6, 6.07) is 1.59. The van der Waals surface area contributed by atoms with Crippen molar-refractivity contribution < 1.29 is 0 Å². The molecule has 0 radical (unpaired) electrons. The summed E-state index contributed by atoms with van der Waals surface area (Å²) in [6.45, 7) is 21.2. The average molecular weight is 293 g/mol. The minimum atomic E-state index is 0.680. The van der Waals surface area contributed by atoms with Gasteiger partial charge >= 0.3 is 0 Å². The van der Waals surface area contributed by atoms with Gasteiger partial charge in [0.1, 0.15) is 0 Å². The highest BCUT2D eigenvalue weighted by Gasteiger charge is 2.54. The molecule has 0 N–H and O–H groups in total. The smallest absolute Gasteiger partial charge is 0.0212 e. The van der Waals surface area contributed by atoms with Crippen molar-refractivity contribution in [3.8, 4) is 0 Å². The van der Waals surface area contributed by atoms with Gasteiger partial charge in [0, 0.05) is 56.8 Å².